The van der Waals surface area contributed by atoms with Crippen LogP contribution in [0.3, 0.4) is 0 Å². The Hall–Kier alpha value is -5.03. The van der Waals surface area contributed by atoms with E-state index >= 15 is 0 Å². The first-order valence-corrected chi connectivity index (χ1v) is 26.8. The van der Waals surface area contributed by atoms with Crippen molar-refractivity contribution in [3.8, 4) is 0 Å². The van der Waals surface area contributed by atoms with E-state index in [0.717, 1.165) is 0 Å². The molecule has 4 rings (SSSR count). The highest BCUT2D eigenvalue weighted by atomic mass is 35.5. The number of aromatic nitrogens is 8. The van der Waals surface area contributed by atoms with Gasteiger partial charge in [0.15, 0.2) is 22.9 Å². The molecule has 0 unspecified atom stereocenters. The number of hydrogen-bond donors (Lipinski definition) is 10. The monoisotopic (exact) mass is 1120 g/mol. The van der Waals surface area contributed by atoms with Gasteiger partial charge in [-0.05, 0) is 69.2 Å². The summed E-state index contributed by atoms with van der Waals surface area (Å²) >= 11 is 0. The molecule has 0 radical (unpaired) electrons. The lowest BCUT2D eigenvalue weighted by Crippen LogP contribution is -2.31. The fourth-order valence-electron chi connectivity index (χ4n) is 5.21. The summed E-state index contributed by atoms with van der Waals surface area (Å²) in [6.45, 7) is 19.2. The number of esters is 3. The second kappa shape index (κ2) is 37.7. The second-order valence-electron chi connectivity index (χ2n) is 16.8. The third kappa shape index (κ3) is 33.7. The lowest BCUT2D eigenvalue weighted by atomic mass is 10.4. The molecule has 0 aliphatic rings. The topological polar surface area (TPSA) is 445 Å². The molecule has 0 aliphatic carbocycles. The first kappa shape index (κ1) is 71.0. The van der Waals surface area contributed by atoms with Crippen molar-refractivity contribution in [2.75, 3.05) is 50.3 Å². The van der Waals surface area contributed by atoms with E-state index in [1.807, 2.05) is 20.8 Å². The lowest BCUT2D eigenvalue weighted by Gasteiger charge is -2.23. The molecule has 0 aliphatic heterocycles. The minimum atomic E-state index is -4.16. The van der Waals surface area contributed by atoms with Gasteiger partial charge in [0.2, 0.25) is 7.44 Å². The zero-order valence-electron chi connectivity index (χ0n) is 43.7. The van der Waals surface area contributed by atoms with Crippen molar-refractivity contribution < 1.29 is 72.0 Å². The molecule has 0 saturated heterocycles. The number of nitrogens with zero attached hydrogens (tertiary/aromatic N) is 8. The van der Waals surface area contributed by atoms with Crippen LogP contribution in [0, 0.1) is 0 Å². The number of nitrogen functional groups attached to an aromatic ring is 2. The first-order chi connectivity index (χ1) is 34.0. The van der Waals surface area contributed by atoms with Gasteiger partial charge in [-0.3, -0.25) is 38.5 Å². The molecule has 14 N–H and O–H groups in total. The number of aliphatic hydroxyl groups excluding tert-OH is 1. The third-order valence-corrected chi connectivity index (χ3v) is 10.5. The molecule has 0 saturated carbocycles. The predicted molar refractivity (Wildman–Crippen MR) is 278 cm³/mol. The number of imidazole rings is 2. The minimum Gasteiger partial charge on any atom is -0.481 e. The number of carboxylic acids is 1. The van der Waals surface area contributed by atoms with Crippen LogP contribution in [-0.2, 0) is 65.1 Å². The number of aliphatic carboxylic acids is 1. The van der Waals surface area contributed by atoms with Gasteiger partial charge in [-0.25, -0.2) is 29.9 Å². The van der Waals surface area contributed by atoms with Crippen LogP contribution in [0.1, 0.15) is 94.9 Å². The first-order valence-electron chi connectivity index (χ1n) is 23.1. The van der Waals surface area contributed by atoms with Gasteiger partial charge in [-0.15, -0.1) is 12.4 Å². The van der Waals surface area contributed by atoms with Gasteiger partial charge in [-0.2, -0.15) is 0 Å². The van der Waals surface area contributed by atoms with E-state index in [0.29, 0.717) is 48.4 Å². The van der Waals surface area contributed by atoms with Crippen LogP contribution < -0.4 is 33.1 Å². The second-order valence-corrected chi connectivity index (χ2v) is 20.7. The molecule has 29 nitrogen and oxygen atoms in total. The predicted octanol–water partition coefficient (Wildman–Crippen LogP) is 2.29. The minimum absolute atomic E-state index is 0. The normalized spacial score (nSPS) is 12.0. The van der Waals surface area contributed by atoms with Crippen molar-refractivity contribution in [3.05, 3.63) is 25.3 Å². The Labute approximate surface area is 437 Å². The van der Waals surface area contributed by atoms with Gasteiger partial charge >= 0.3 is 31.5 Å². The van der Waals surface area contributed by atoms with E-state index in [1.165, 1.54) is 19.0 Å². The van der Waals surface area contributed by atoms with Gasteiger partial charge in [0.25, 0.3) is 0 Å². The Morgan fingerprint density at radius 3 is 1.27 bits per heavy atom. The van der Waals surface area contributed by atoms with Gasteiger partial charge in [-0.1, -0.05) is 0 Å². The molecule has 4 aromatic rings. The summed E-state index contributed by atoms with van der Waals surface area (Å²) < 4.78 is 53.6. The van der Waals surface area contributed by atoms with Crippen LogP contribution in [0.5, 0.6) is 0 Å². The zero-order chi connectivity index (χ0) is 55.9. The molecule has 32 heteroatoms. The van der Waals surface area contributed by atoms with Crippen molar-refractivity contribution in [3.63, 3.8) is 0 Å². The van der Waals surface area contributed by atoms with Crippen LogP contribution in [-0.4, -0.2) is 158 Å². The number of nitrogens with two attached hydrogens (primary N) is 4. The number of carboxylic acid groups (broad SMARTS) is 1. The molecule has 0 spiro atoms. The number of anilines is 2. The van der Waals surface area contributed by atoms with E-state index < -0.39 is 45.4 Å². The molecule has 0 aromatic carbocycles. The maximum absolute atomic E-state index is 13.5. The number of halogens is 1. The quantitative estimate of drug-likeness (QED) is 0.0258. The molecule has 424 valence electrons. The molecule has 4 aromatic heterocycles. The van der Waals surface area contributed by atoms with Gasteiger partial charge < -0.3 is 75.8 Å². The summed E-state index contributed by atoms with van der Waals surface area (Å²) in [5.41, 5.74) is 23.5. The van der Waals surface area contributed by atoms with Crippen LogP contribution >= 0.6 is 27.4 Å². The number of carbonyl (C=O) groups excluding carboxylic acids is 3. The van der Waals surface area contributed by atoms with Crippen molar-refractivity contribution in [1.82, 2.24) is 49.2 Å². The van der Waals surface area contributed by atoms with Crippen LogP contribution in [0.2, 0.25) is 0 Å². The maximum atomic E-state index is 13.5. The fraction of sp³-hybridized carbons (Fsp3) is 0.667. The Kier molecular flexibility index (Phi) is 36.2. The van der Waals surface area contributed by atoms with Crippen LogP contribution in [0.15, 0.2) is 25.3 Å². The number of carbonyl (C=O) groups is 4. The number of nitrogens with one attached hydrogen (secondary N) is 2. The smallest absolute Gasteiger partial charge is 0.350 e. The molecule has 0 fully saturated rings. The SMILES string of the molecule is CC(C)O.CC(C)OC(=O)CCN.CC(C)OC(=O)CCNP(=O)(CO[C@H](C)Cn1cnc2c(N)ncnc21)NCCC(=O)OC(C)C.C[C@H](Cn1cnc2c(N)ncnc21)OCP(=O)(O)O.Cl.NCCC(=O)O. The Balaban J connectivity index is 0. The maximum Gasteiger partial charge on any atom is 0.350 e. The Morgan fingerprint density at radius 2 is 0.959 bits per heavy atom. The summed E-state index contributed by atoms with van der Waals surface area (Å²) in [5.74, 6) is -1.28. The standard InChI is InChI=1S/C21H36N7O6P.C9H14N5O4P.C6H13NO2.C3H7NO2.C3H8O.ClH/c1-14(2)33-17(29)6-8-26-35(31,27-9-7-18(30)34-15(3)4)13-32-16(5)10-28-12-25-19-20(22)23-11-24-21(19)28;1-6(18-5-19(15,16)17)2-14-4-13-7-8(10)11-3-12-9(7)14;1-5(2)9-6(8)3-4-7;4-2-1-3(5)6;1-3(2)4;/h11-12,14-16H,6-10,13H2,1-5H3,(H2,22,23,24)(H2,26,27,31);3-4,6H,2,5H2,1H3,(H2,10,11,12)(H2,15,16,17);5H,3-4,7H2,1-2H3;1-2,4H2,(H,5,6);3-4H,1-2H3;1H/t16-;6-;;;;/m11..../s1. The molecule has 0 bridgehead atoms. The highest BCUT2D eigenvalue weighted by Gasteiger charge is 2.25. The van der Waals surface area contributed by atoms with E-state index in [2.05, 4.69) is 40.1 Å². The number of hydrogen-bond acceptors (Lipinski definition) is 22. The number of fused-ring (bicyclic) bond motifs is 2. The van der Waals surface area contributed by atoms with E-state index in [9.17, 15) is 28.3 Å². The molecule has 4 heterocycles. The molecule has 2 atom stereocenters. The summed E-state index contributed by atoms with van der Waals surface area (Å²) in [4.78, 5) is 85.5. The molecular weight excluding hydrogens is 1040 g/mol. The largest absolute Gasteiger partial charge is 0.481 e. The number of rotatable bonds is 25. The zero-order valence-corrected chi connectivity index (χ0v) is 46.3. The molecule has 0 amide bonds. The highest BCUT2D eigenvalue weighted by molar-refractivity contribution is 7.59. The lowest BCUT2D eigenvalue weighted by molar-refractivity contribution is -0.148. The summed E-state index contributed by atoms with van der Waals surface area (Å²) in [6, 6.07) is 0. The third-order valence-electron chi connectivity index (χ3n) is 8.04. The van der Waals surface area contributed by atoms with Gasteiger partial charge in [0.1, 0.15) is 36.4 Å². The van der Waals surface area contributed by atoms with Crippen molar-refractivity contribution in [1.29, 1.82) is 0 Å². The molecule has 74 heavy (non-hydrogen) atoms. The van der Waals surface area contributed by atoms with E-state index in [-0.39, 0.29) is 106 Å². The summed E-state index contributed by atoms with van der Waals surface area (Å²) in [7, 11) is -7.47. The van der Waals surface area contributed by atoms with Crippen molar-refractivity contribution in [2.45, 2.75) is 145 Å². The van der Waals surface area contributed by atoms with Gasteiger partial charge in [0.05, 0.1) is 81.9 Å². The number of aliphatic hydroxyl groups is 1. The van der Waals surface area contributed by atoms with Crippen LogP contribution in [0.4, 0.5) is 11.6 Å². The fourth-order valence-corrected chi connectivity index (χ4v) is 7.37. The Bertz CT molecular complexity index is 2300. The highest BCUT2D eigenvalue weighted by Crippen LogP contribution is 2.36. The van der Waals surface area contributed by atoms with Crippen molar-refractivity contribution >= 4 is 85.3 Å². The summed E-state index contributed by atoms with van der Waals surface area (Å²) in [6.07, 6.45) is 4.07. The average molecular weight is 1120 g/mol. The van der Waals surface area contributed by atoms with Crippen LogP contribution in [0.25, 0.3) is 22.3 Å². The summed E-state index contributed by atoms with van der Waals surface area (Å²) in [5, 5.41) is 21.6. The van der Waals surface area contributed by atoms with E-state index in [1.54, 1.807) is 63.9 Å². The molecular formula is C42H79ClN14O15P2. The average Bonchev–Trinajstić information content (AvgIpc) is 3.87. The van der Waals surface area contributed by atoms with E-state index in [4.69, 9.17) is 66.6 Å². The van der Waals surface area contributed by atoms with Crippen molar-refractivity contribution in [2.24, 2.45) is 11.5 Å². The number of ether oxygens (including phenoxy) is 5. The van der Waals surface area contributed by atoms with Gasteiger partial charge in [0, 0.05) is 32.3 Å². The Morgan fingerprint density at radius 1 is 0.608 bits per heavy atom.